The molecule has 0 atom stereocenters. The molecule has 10 heteroatoms. The highest BCUT2D eigenvalue weighted by Crippen LogP contribution is 2.24. The van der Waals surface area contributed by atoms with Gasteiger partial charge in [0.1, 0.15) is 16.4 Å². The molecule has 0 spiro atoms. The topological polar surface area (TPSA) is 95.7 Å². The van der Waals surface area contributed by atoms with E-state index < -0.39 is 0 Å². The summed E-state index contributed by atoms with van der Waals surface area (Å²) in [5.74, 6) is 1.14. The first-order valence-electron chi connectivity index (χ1n) is 8.76. The predicted molar refractivity (Wildman–Crippen MR) is 117 cm³/mol. The Labute approximate surface area is 175 Å². The van der Waals surface area contributed by atoms with E-state index in [1.165, 1.54) is 28.1 Å². The van der Waals surface area contributed by atoms with E-state index in [2.05, 4.69) is 30.4 Å². The Kier molecular flexibility index (Phi) is 5.92. The number of thioether (sulfide) groups is 1. The standard InChI is InChI=1S/C19H17N7OS2/c1-20-12-24-15-8-22-17(23-9-15)14-4-2-3-13(7-14)10-26-19(27)29-11-16(25-26)18-21-5-6-28-18/h2-9,12H,10-11H2,1H3,(H,20,24). The summed E-state index contributed by atoms with van der Waals surface area (Å²) >= 11 is 2.76. The number of nitrogens with one attached hydrogen (secondary N) is 1. The van der Waals surface area contributed by atoms with Crippen molar-refractivity contribution < 1.29 is 4.79 Å². The molecule has 0 saturated heterocycles. The first-order chi connectivity index (χ1) is 14.2. The second-order valence-electron chi connectivity index (χ2n) is 6.01. The Balaban J connectivity index is 1.53. The number of thiazole rings is 1. The van der Waals surface area contributed by atoms with Crippen LogP contribution < -0.4 is 5.32 Å². The van der Waals surface area contributed by atoms with Crippen LogP contribution >= 0.6 is 23.1 Å². The number of amides is 1. The number of rotatable bonds is 6. The van der Waals surface area contributed by atoms with Crippen molar-refractivity contribution in [1.82, 2.24) is 25.3 Å². The Bertz CT molecular complexity index is 1050. The second kappa shape index (κ2) is 8.93. The lowest BCUT2D eigenvalue weighted by atomic mass is 10.1. The molecule has 0 fully saturated rings. The molecule has 8 nitrogen and oxygen atoms in total. The molecule has 4 rings (SSSR count). The fraction of sp³-hybridized carbons (Fsp3) is 0.158. The third kappa shape index (κ3) is 4.66. The van der Waals surface area contributed by atoms with Crippen LogP contribution in [0.2, 0.25) is 0 Å². The van der Waals surface area contributed by atoms with Gasteiger partial charge >= 0.3 is 5.24 Å². The zero-order valence-electron chi connectivity index (χ0n) is 15.5. The van der Waals surface area contributed by atoms with E-state index in [1.54, 1.807) is 32.0 Å². The van der Waals surface area contributed by atoms with Gasteiger partial charge in [-0.2, -0.15) is 5.10 Å². The molecule has 3 heterocycles. The van der Waals surface area contributed by atoms with Crippen LogP contribution in [0.15, 0.2) is 58.3 Å². The molecule has 1 amide bonds. The van der Waals surface area contributed by atoms with E-state index >= 15 is 0 Å². The number of carbonyl (C=O) groups is 1. The Hall–Kier alpha value is -3.11. The van der Waals surface area contributed by atoms with E-state index in [9.17, 15) is 4.79 Å². The number of benzene rings is 1. The van der Waals surface area contributed by atoms with Crippen LogP contribution in [0.25, 0.3) is 11.4 Å². The minimum atomic E-state index is -0.0706. The Morgan fingerprint density at radius 2 is 2.14 bits per heavy atom. The highest BCUT2D eigenvalue weighted by molar-refractivity contribution is 8.14. The van der Waals surface area contributed by atoms with Crippen molar-refractivity contribution in [3.63, 3.8) is 0 Å². The van der Waals surface area contributed by atoms with Gasteiger partial charge < -0.3 is 5.32 Å². The van der Waals surface area contributed by atoms with Gasteiger partial charge in [0.25, 0.3) is 0 Å². The molecular formula is C19H17N7OS2. The number of hydrazone groups is 1. The number of aromatic nitrogens is 3. The summed E-state index contributed by atoms with van der Waals surface area (Å²) in [5.41, 5.74) is 3.30. The van der Waals surface area contributed by atoms with Gasteiger partial charge in [-0.3, -0.25) is 4.79 Å². The number of aliphatic imine (C=N–C) groups is 1. The second-order valence-corrected chi connectivity index (χ2v) is 7.83. The van der Waals surface area contributed by atoms with Crippen molar-refractivity contribution in [2.24, 2.45) is 10.1 Å². The van der Waals surface area contributed by atoms with E-state index in [4.69, 9.17) is 0 Å². The van der Waals surface area contributed by atoms with Crippen LogP contribution in [-0.4, -0.2) is 50.1 Å². The largest absolute Gasteiger partial charge is 0.379 e. The Morgan fingerprint density at radius 3 is 2.90 bits per heavy atom. The number of hydrogen-bond acceptors (Lipinski definition) is 8. The molecular weight excluding hydrogens is 406 g/mol. The molecule has 1 aliphatic rings. The van der Waals surface area contributed by atoms with Crippen LogP contribution in [0.3, 0.4) is 0 Å². The monoisotopic (exact) mass is 423 g/mol. The van der Waals surface area contributed by atoms with E-state index in [0.29, 0.717) is 23.8 Å². The van der Waals surface area contributed by atoms with Gasteiger partial charge in [-0.25, -0.2) is 25.0 Å². The molecule has 0 unspecified atom stereocenters. The van der Waals surface area contributed by atoms with Crippen molar-refractivity contribution >= 4 is 46.1 Å². The maximum Gasteiger partial charge on any atom is 0.302 e. The summed E-state index contributed by atoms with van der Waals surface area (Å²) in [7, 11) is 1.78. The molecule has 146 valence electrons. The SMILES string of the molecule is CNC=Nc1cnc(-c2cccc(CN3N=C(c4nccs4)CSC3=O)c2)nc1. The molecule has 2 aromatic heterocycles. The minimum Gasteiger partial charge on any atom is -0.379 e. The van der Waals surface area contributed by atoms with Crippen LogP contribution in [0.5, 0.6) is 0 Å². The third-order valence-corrected chi connectivity index (χ3v) is 5.66. The molecule has 1 aliphatic heterocycles. The highest BCUT2D eigenvalue weighted by atomic mass is 32.2. The smallest absolute Gasteiger partial charge is 0.302 e. The summed E-state index contributed by atoms with van der Waals surface area (Å²) < 4.78 is 0. The average Bonchev–Trinajstić information content (AvgIpc) is 3.29. The van der Waals surface area contributed by atoms with Crippen LogP contribution in [0, 0.1) is 0 Å². The summed E-state index contributed by atoms with van der Waals surface area (Å²) in [6.07, 6.45) is 6.65. The molecule has 1 aromatic carbocycles. The lowest BCUT2D eigenvalue weighted by molar-refractivity contribution is 0.222. The fourth-order valence-electron chi connectivity index (χ4n) is 2.65. The molecule has 3 aromatic rings. The molecule has 0 bridgehead atoms. The minimum absolute atomic E-state index is 0.0706. The average molecular weight is 424 g/mol. The fourth-order valence-corrected chi connectivity index (χ4v) is 4.07. The van der Waals surface area contributed by atoms with Crippen molar-refractivity contribution in [2.75, 3.05) is 12.8 Å². The zero-order chi connectivity index (χ0) is 20.1. The van der Waals surface area contributed by atoms with Crippen LogP contribution in [0.1, 0.15) is 10.6 Å². The quantitative estimate of drug-likeness (QED) is 0.481. The highest BCUT2D eigenvalue weighted by Gasteiger charge is 2.23. The van der Waals surface area contributed by atoms with Crippen molar-refractivity contribution in [3.05, 3.63) is 58.8 Å². The molecule has 0 saturated carbocycles. The van der Waals surface area contributed by atoms with Crippen LogP contribution in [0.4, 0.5) is 10.5 Å². The van der Waals surface area contributed by atoms with E-state index in [0.717, 1.165) is 21.8 Å². The lowest BCUT2D eigenvalue weighted by Gasteiger charge is -2.22. The van der Waals surface area contributed by atoms with Gasteiger partial charge in [0, 0.05) is 24.2 Å². The third-order valence-electron chi connectivity index (χ3n) is 3.96. The van der Waals surface area contributed by atoms with Crippen molar-refractivity contribution in [1.29, 1.82) is 0 Å². The van der Waals surface area contributed by atoms with Gasteiger partial charge in [-0.1, -0.05) is 30.0 Å². The van der Waals surface area contributed by atoms with Gasteiger partial charge in [0.05, 0.1) is 31.0 Å². The summed E-state index contributed by atoms with van der Waals surface area (Å²) in [6, 6.07) is 7.79. The van der Waals surface area contributed by atoms with Gasteiger partial charge in [0.15, 0.2) is 5.82 Å². The summed E-state index contributed by atoms with van der Waals surface area (Å²) in [4.78, 5) is 29.5. The predicted octanol–water partition coefficient (Wildman–Crippen LogP) is 3.55. The maximum atomic E-state index is 12.3. The van der Waals surface area contributed by atoms with Crippen LogP contribution in [-0.2, 0) is 6.54 Å². The number of carbonyl (C=O) groups excluding carboxylic acids is 1. The maximum absolute atomic E-state index is 12.3. The molecule has 29 heavy (non-hydrogen) atoms. The lowest BCUT2D eigenvalue weighted by Crippen LogP contribution is -2.29. The van der Waals surface area contributed by atoms with E-state index in [1.807, 2.05) is 29.6 Å². The first kappa shape index (κ1) is 19.2. The van der Waals surface area contributed by atoms with Gasteiger partial charge in [-0.05, 0) is 11.6 Å². The normalized spacial score (nSPS) is 14.3. The van der Waals surface area contributed by atoms with E-state index in [-0.39, 0.29) is 5.24 Å². The van der Waals surface area contributed by atoms with Crippen molar-refractivity contribution in [3.8, 4) is 11.4 Å². The first-order valence-corrected chi connectivity index (χ1v) is 10.6. The number of hydrogen-bond donors (Lipinski definition) is 1. The Morgan fingerprint density at radius 1 is 1.28 bits per heavy atom. The van der Waals surface area contributed by atoms with Gasteiger partial charge in [-0.15, -0.1) is 11.3 Å². The molecule has 0 radical (unpaired) electrons. The zero-order valence-corrected chi connectivity index (χ0v) is 17.2. The number of nitrogens with zero attached hydrogens (tertiary/aromatic N) is 6. The van der Waals surface area contributed by atoms with Crippen molar-refractivity contribution in [2.45, 2.75) is 6.54 Å². The summed E-state index contributed by atoms with van der Waals surface area (Å²) in [5, 5.41) is 11.5. The van der Waals surface area contributed by atoms with Gasteiger partial charge in [0.2, 0.25) is 0 Å². The molecule has 0 aliphatic carbocycles. The molecule has 1 N–H and O–H groups in total. The summed E-state index contributed by atoms with van der Waals surface area (Å²) in [6.45, 7) is 0.374.